The first-order valence-electron chi connectivity index (χ1n) is 25.4. The first kappa shape index (κ1) is 56.6. The van der Waals surface area contributed by atoms with Crippen LogP contribution < -0.4 is 10.6 Å². The normalized spacial score (nSPS) is 12.4. The second-order valence-electron chi connectivity index (χ2n) is 17.4. The van der Waals surface area contributed by atoms with E-state index in [2.05, 4.69) is 43.2 Å². The molecular formula is C50H103N3O4S. The Morgan fingerprint density at radius 2 is 0.776 bits per heavy atom. The molecule has 2 unspecified atom stereocenters. The number of nitrogens with zero attached hydrogens (tertiary/aromatic N) is 1. The monoisotopic (exact) mass is 842 g/mol. The summed E-state index contributed by atoms with van der Waals surface area (Å²) in [6.45, 7) is 14.4. The van der Waals surface area contributed by atoms with Crippen LogP contribution in [0.2, 0.25) is 0 Å². The van der Waals surface area contributed by atoms with Crippen LogP contribution in [-0.2, 0) is 19.1 Å². The van der Waals surface area contributed by atoms with E-state index in [1.54, 1.807) is 0 Å². The summed E-state index contributed by atoms with van der Waals surface area (Å²) in [7, 11) is 1.86. The Morgan fingerprint density at radius 1 is 0.466 bits per heavy atom. The molecule has 348 valence electrons. The van der Waals surface area contributed by atoms with E-state index in [4.69, 9.17) is 21.7 Å². The number of thiocarbonyl (C=S) groups is 1. The molecule has 7 nitrogen and oxygen atoms in total. The molecule has 2 atom stereocenters. The molecule has 0 aliphatic heterocycles. The van der Waals surface area contributed by atoms with Gasteiger partial charge in [-0.25, -0.2) is 0 Å². The lowest BCUT2D eigenvalue weighted by molar-refractivity contribution is -0.150. The second kappa shape index (κ2) is 45.1. The molecule has 0 radical (unpaired) electrons. The molecule has 0 saturated heterocycles. The molecule has 0 aromatic carbocycles. The summed E-state index contributed by atoms with van der Waals surface area (Å²) in [4.78, 5) is 28.7. The molecule has 0 fully saturated rings. The minimum atomic E-state index is 0. The van der Waals surface area contributed by atoms with Gasteiger partial charge in [-0.2, -0.15) is 0 Å². The van der Waals surface area contributed by atoms with Crippen LogP contribution in [0.25, 0.3) is 0 Å². The fraction of sp³-hybridized carbons (Fsp3) is 0.940. The van der Waals surface area contributed by atoms with E-state index in [0.29, 0.717) is 18.3 Å². The number of hydrogen-bond donors (Lipinski definition) is 2. The van der Waals surface area contributed by atoms with Gasteiger partial charge in [0.1, 0.15) is 0 Å². The second-order valence-corrected chi connectivity index (χ2v) is 17.8. The van der Waals surface area contributed by atoms with Crippen LogP contribution >= 0.6 is 12.2 Å². The average molecular weight is 842 g/mol. The number of rotatable bonds is 45. The van der Waals surface area contributed by atoms with Crippen LogP contribution in [0, 0.1) is 11.8 Å². The third kappa shape index (κ3) is 37.6. The van der Waals surface area contributed by atoms with E-state index >= 15 is 0 Å². The Bertz CT molecular complexity index is 861. The molecule has 0 bridgehead atoms. The summed E-state index contributed by atoms with van der Waals surface area (Å²) >= 11 is 5.24. The molecular weight excluding hydrogens is 739 g/mol. The Balaban J connectivity index is -0.0000162. The third-order valence-corrected chi connectivity index (χ3v) is 12.3. The van der Waals surface area contributed by atoms with E-state index in [1.807, 2.05) is 7.05 Å². The minimum absolute atomic E-state index is 0. The predicted molar refractivity (Wildman–Crippen MR) is 259 cm³/mol. The first-order valence-corrected chi connectivity index (χ1v) is 25.8. The highest BCUT2D eigenvalue weighted by Crippen LogP contribution is 2.22. The molecule has 0 rings (SSSR count). The van der Waals surface area contributed by atoms with Crippen LogP contribution in [-0.4, -0.2) is 68.4 Å². The van der Waals surface area contributed by atoms with Crippen molar-refractivity contribution in [2.75, 3.05) is 46.4 Å². The average Bonchev–Trinajstić information content (AvgIpc) is 3.23. The van der Waals surface area contributed by atoms with Crippen LogP contribution in [0.3, 0.4) is 0 Å². The Hall–Kier alpha value is -1.41. The highest BCUT2D eigenvalue weighted by molar-refractivity contribution is 7.80. The highest BCUT2D eigenvalue weighted by atomic mass is 32.1. The molecule has 0 aromatic rings. The molecule has 58 heavy (non-hydrogen) atoms. The van der Waals surface area contributed by atoms with Crippen molar-refractivity contribution < 1.29 is 21.9 Å². The SMILES string of the molecule is CCCCCCCCC(CCCCCC)C(=O)OCCCCCCN(CCCCCCOC(=O)C(CCCCCC)CCCCCCCC)CCCCNC(=S)NC.[HH].[HH]. The van der Waals surface area contributed by atoms with Crippen LogP contribution in [0.4, 0.5) is 0 Å². The number of carbonyl (C=O) groups excluding carboxylic acids is 2. The lowest BCUT2D eigenvalue weighted by Gasteiger charge is -2.22. The number of hydrogen-bond acceptors (Lipinski definition) is 6. The molecule has 0 aliphatic rings. The van der Waals surface area contributed by atoms with Gasteiger partial charge in [-0.3, -0.25) is 9.59 Å². The van der Waals surface area contributed by atoms with Crippen LogP contribution in [0.15, 0.2) is 0 Å². The maximum Gasteiger partial charge on any atom is 0.308 e. The lowest BCUT2D eigenvalue weighted by atomic mass is 9.94. The van der Waals surface area contributed by atoms with Gasteiger partial charge < -0.3 is 25.0 Å². The zero-order valence-corrected chi connectivity index (χ0v) is 40.2. The molecule has 2 N–H and O–H groups in total. The van der Waals surface area contributed by atoms with E-state index in [1.165, 1.54) is 128 Å². The van der Waals surface area contributed by atoms with Gasteiger partial charge in [0.2, 0.25) is 0 Å². The Kier molecular flexibility index (Phi) is 44.0. The van der Waals surface area contributed by atoms with E-state index in [0.717, 1.165) is 116 Å². The van der Waals surface area contributed by atoms with Crippen molar-refractivity contribution in [3.05, 3.63) is 0 Å². The highest BCUT2D eigenvalue weighted by Gasteiger charge is 2.20. The van der Waals surface area contributed by atoms with Gasteiger partial charge in [-0.1, -0.05) is 182 Å². The summed E-state index contributed by atoms with van der Waals surface area (Å²) in [5, 5.41) is 6.99. The van der Waals surface area contributed by atoms with Crippen molar-refractivity contribution in [3.63, 3.8) is 0 Å². The molecule has 0 saturated carbocycles. The third-order valence-electron chi connectivity index (χ3n) is 11.9. The number of ether oxygens (including phenoxy) is 2. The number of esters is 2. The smallest absolute Gasteiger partial charge is 0.308 e. The maximum absolute atomic E-state index is 13.0. The van der Waals surface area contributed by atoms with E-state index in [-0.39, 0.29) is 26.6 Å². The van der Waals surface area contributed by atoms with E-state index in [9.17, 15) is 9.59 Å². The van der Waals surface area contributed by atoms with Gasteiger partial charge in [0.05, 0.1) is 25.0 Å². The molecule has 0 amide bonds. The van der Waals surface area contributed by atoms with Crippen molar-refractivity contribution in [3.8, 4) is 0 Å². The Morgan fingerprint density at radius 3 is 1.16 bits per heavy atom. The zero-order chi connectivity index (χ0) is 42.6. The van der Waals surface area contributed by atoms with Crippen molar-refractivity contribution in [1.29, 1.82) is 0 Å². The summed E-state index contributed by atoms with van der Waals surface area (Å²) in [5.41, 5.74) is 0. The van der Waals surface area contributed by atoms with Gasteiger partial charge in [0.25, 0.3) is 0 Å². The van der Waals surface area contributed by atoms with Gasteiger partial charge >= 0.3 is 11.9 Å². The summed E-state index contributed by atoms with van der Waals surface area (Å²) in [6, 6.07) is 0. The number of carbonyl (C=O) groups is 2. The predicted octanol–water partition coefficient (Wildman–Crippen LogP) is 14.5. The number of nitrogens with one attached hydrogen (secondary N) is 2. The van der Waals surface area contributed by atoms with Gasteiger partial charge in [0, 0.05) is 16.4 Å². The zero-order valence-electron chi connectivity index (χ0n) is 39.4. The van der Waals surface area contributed by atoms with Crippen LogP contribution in [0.1, 0.15) is 249 Å². The minimum Gasteiger partial charge on any atom is -0.465 e. The fourth-order valence-electron chi connectivity index (χ4n) is 7.99. The molecule has 8 heteroatoms. The van der Waals surface area contributed by atoms with Gasteiger partial charge in [-0.05, 0) is 96.1 Å². The van der Waals surface area contributed by atoms with Crippen molar-refractivity contribution in [1.82, 2.24) is 15.5 Å². The van der Waals surface area contributed by atoms with Gasteiger partial charge in [-0.15, -0.1) is 0 Å². The maximum atomic E-state index is 13.0. The first-order chi connectivity index (χ1) is 28.4. The van der Waals surface area contributed by atoms with Crippen molar-refractivity contribution in [2.24, 2.45) is 11.8 Å². The molecule has 0 aliphatic carbocycles. The molecule has 0 heterocycles. The van der Waals surface area contributed by atoms with Crippen molar-refractivity contribution in [2.45, 2.75) is 246 Å². The van der Waals surface area contributed by atoms with Crippen LogP contribution in [0.5, 0.6) is 0 Å². The lowest BCUT2D eigenvalue weighted by Crippen LogP contribution is -2.33. The summed E-state index contributed by atoms with van der Waals surface area (Å²) < 4.78 is 11.7. The standard InChI is InChI=1S/C50H99N3O4S.2H2/c1-6-10-14-18-20-28-38-46(36-26-16-12-8-3)48(54)56-44-34-24-22-31-41-53(43-33-30-40-52-50(58)51-5)42-32-23-25-35-45-57-49(55)47(37-27-17-13-9-4)39-29-21-19-15-11-7-2;;/h46-47H,6-45H2,1-5H3,(H2,51,52,58);2*1H. The largest absolute Gasteiger partial charge is 0.465 e. The Labute approximate surface area is 369 Å². The fourth-order valence-corrected chi connectivity index (χ4v) is 8.09. The number of unbranched alkanes of at least 4 members (excludes halogenated alkanes) is 23. The summed E-state index contributed by atoms with van der Waals surface area (Å²) in [5.74, 6) is 0.301. The van der Waals surface area contributed by atoms with Crippen molar-refractivity contribution >= 4 is 29.3 Å². The summed E-state index contributed by atoms with van der Waals surface area (Å²) in [6.07, 6.45) is 40.1. The topological polar surface area (TPSA) is 79.9 Å². The molecule has 0 spiro atoms. The molecule has 0 aromatic heterocycles. The van der Waals surface area contributed by atoms with E-state index < -0.39 is 0 Å². The quantitative estimate of drug-likeness (QED) is 0.0357. The van der Waals surface area contributed by atoms with Gasteiger partial charge in [0.15, 0.2) is 5.11 Å².